The number of morpholine rings is 1. The number of nitrogens with one attached hydrogen (secondary N) is 2. The molecule has 7 nitrogen and oxygen atoms in total. The van der Waals surface area contributed by atoms with Gasteiger partial charge < -0.3 is 19.9 Å². The number of nitrogens with zero attached hydrogens (tertiary/aromatic N) is 2. The first-order chi connectivity index (χ1) is 20.9. The number of likely N-dealkylation sites (tertiary alicyclic amines) is 1. The second-order valence-electron chi connectivity index (χ2n) is 11.0. The summed E-state index contributed by atoms with van der Waals surface area (Å²) in [5.74, 6) is -0.180. The van der Waals surface area contributed by atoms with Crippen molar-refractivity contribution in [1.82, 2.24) is 20.1 Å². The van der Waals surface area contributed by atoms with Crippen molar-refractivity contribution in [2.24, 2.45) is 0 Å². The van der Waals surface area contributed by atoms with Crippen LogP contribution < -0.4 is 5.32 Å². The van der Waals surface area contributed by atoms with E-state index >= 15 is 0 Å². The molecule has 2 unspecified atom stereocenters. The molecular formula is C33H34BrClN4O3S. The van der Waals surface area contributed by atoms with E-state index in [9.17, 15) is 9.59 Å². The van der Waals surface area contributed by atoms with Crippen molar-refractivity contribution >= 4 is 62.0 Å². The zero-order chi connectivity index (χ0) is 29.8. The Balaban J connectivity index is 1.38. The van der Waals surface area contributed by atoms with Crippen molar-refractivity contribution in [3.05, 3.63) is 99.6 Å². The van der Waals surface area contributed by atoms with Gasteiger partial charge in [-0.2, -0.15) is 0 Å². The third kappa shape index (κ3) is 6.66. The lowest BCUT2D eigenvalue weighted by Gasteiger charge is -2.36. The second kappa shape index (κ2) is 13.4. The molecule has 0 saturated carbocycles. The molecule has 6 rings (SSSR count). The van der Waals surface area contributed by atoms with E-state index in [1.807, 2.05) is 77.8 Å². The van der Waals surface area contributed by atoms with Crippen LogP contribution in [0.2, 0.25) is 5.02 Å². The Hall–Kier alpha value is -2.82. The van der Waals surface area contributed by atoms with Crippen molar-refractivity contribution in [3.8, 4) is 0 Å². The molecule has 3 heterocycles. The Morgan fingerprint density at radius 1 is 1.09 bits per heavy atom. The number of carbonyl (C=O) groups is 2. The van der Waals surface area contributed by atoms with Gasteiger partial charge in [0, 0.05) is 63.2 Å². The Labute approximate surface area is 269 Å². The summed E-state index contributed by atoms with van der Waals surface area (Å²) in [7, 11) is 0. The van der Waals surface area contributed by atoms with Crippen LogP contribution >= 0.6 is 39.3 Å². The number of benzene rings is 3. The summed E-state index contributed by atoms with van der Waals surface area (Å²) < 4.78 is 5.31. The zero-order valence-corrected chi connectivity index (χ0v) is 26.9. The Bertz CT molecular complexity index is 1580. The summed E-state index contributed by atoms with van der Waals surface area (Å²) in [6, 6.07) is 23.0. The SMILES string of the molecule is O=C1CC(Sc2ccccc2)(C(=O)NCCCN2CCOCC2)C(c2c[nH]c3ccc(Br)cc23)N1Cc1ccc(Cl)cc1. The van der Waals surface area contributed by atoms with Crippen molar-refractivity contribution in [2.45, 2.75) is 35.1 Å². The fraction of sp³-hybridized carbons (Fsp3) is 0.333. The molecule has 2 N–H and O–H groups in total. The molecule has 0 bridgehead atoms. The fourth-order valence-electron chi connectivity index (χ4n) is 6.06. The van der Waals surface area contributed by atoms with E-state index in [0.717, 1.165) is 70.7 Å². The molecule has 1 aromatic heterocycles. The van der Waals surface area contributed by atoms with Crippen molar-refractivity contribution in [3.63, 3.8) is 0 Å². The highest BCUT2D eigenvalue weighted by atomic mass is 79.9. The highest BCUT2D eigenvalue weighted by Crippen LogP contribution is 2.54. The number of hydrogen-bond acceptors (Lipinski definition) is 5. The predicted molar refractivity (Wildman–Crippen MR) is 175 cm³/mol. The minimum Gasteiger partial charge on any atom is -0.379 e. The number of rotatable bonds is 10. The molecular weight excluding hydrogens is 648 g/mol. The van der Waals surface area contributed by atoms with Gasteiger partial charge in [0.15, 0.2) is 0 Å². The number of amides is 2. The Morgan fingerprint density at radius 2 is 1.86 bits per heavy atom. The molecule has 43 heavy (non-hydrogen) atoms. The van der Waals surface area contributed by atoms with E-state index < -0.39 is 10.8 Å². The molecule has 0 spiro atoms. The molecule has 224 valence electrons. The van der Waals surface area contributed by atoms with Gasteiger partial charge in [-0.05, 0) is 61.0 Å². The Morgan fingerprint density at radius 3 is 2.63 bits per heavy atom. The number of ether oxygens (including phenoxy) is 1. The highest BCUT2D eigenvalue weighted by Gasteiger charge is 2.58. The lowest BCUT2D eigenvalue weighted by Crippen LogP contribution is -2.48. The lowest BCUT2D eigenvalue weighted by molar-refractivity contribution is -0.129. The van der Waals surface area contributed by atoms with Crippen molar-refractivity contribution in [2.75, 3.05) is 39.4 Å². The average Bonchev–Trinajstić information content (AvgIpc) is 3.54. The van der Waals surface area contributed by atoms with Crippen LogP contribution in [0.3, 0.4) is 0 Å². The topological polar surface area (TPSA) is 77.7 Å². The molecule has 2 saturated heterocycles. The number of carbonyl (C=O) groups excluding carboxylic acids is 2. The van der Waals surface area contributed by atoms with Gasteiger partial charge >= 0.3 is 0 Å². The van der Waals surface area contributed by atoms with E-state index in [1.54, 1.807) is 0 Å². The monoisotopic (exact) mass is 680 g/mol. The predicted octanol–water partition coefficient (Wildman–Crippen LogP) is 6.43. The number of fused-ring (bicyclic) bond motifs is 1. The summed E-state index contributed by atoms with van der Waals surface area (Å²) in [5.41, 5.74) is 2.83. The van der Waals surface area contributed by atoms with Gasteiger partial charge in [-0.25, -0.2) is 0 Å². The third-order valence-electron chi connectivity index (χ3n) is 8.19. The molecule has 2 fully saturated rings. The molecule has 2 aliphatic heterocycles. The Kier molecular flexibility index (Phi) is 9.45. The first kappa shape index (κ1) is 30.2. The van der Waals surface area contributed by atoms with Crippen molar-refractivity contribution in [1.29, 1.82) is 0 Å². The van der Waals surface area contributed by atoms with Crippen molar-refractivity contribution < 1.29 is 14.3 Å². The molecule has 0 radical (unpaired) electrons. The summed E-state index contributed by atoms with van der Waals surface area (Å²) in [5, 5.41) is 4.87. The maximum absolute atomic E-state index is 14.5. The normalized spacial score (nSPS) is 21.0. The quantitative estimate of drug-likeness (QED) is 0.189. The molecule has 2 atom stereocenters. The largest absolute Gasteiger partial charge is 0.379 e. The third-order valence-corrected chi connectivity index (χ3v) is 10.4. The first-order valence-corrected chi connectivity index (χ1v) is 16.5. The number of hydrogen-bond donors (Lipinski definition) is 2. The molecule has 2 amide bonds. The van der Waals surface area contributed by atoms with Gasteiger partial charge in [0.25, 0.3) is 0 Å². The van der Waals surface area contributed by atoms with Crippen LogP contribution in [0.5, 0.6) is 0 Å². The minimum absolute atomic E-state index is 0.0591. The standard InChI is InChI=1S/C33H34BrClN4O3S/c34-24-9-12-29-27(19-24)28(21-37-29)31-33(43-26-5-2-1-3-6-26,32(41)36-13-4-14-38-15-17-42-18-16-38)20-30(40)39(31)22-23-7-10-25(35)11-8-23/h1-3,5-12,19,21,31,37H,4,13-18,20,22H2,(H,36,41). The number of thioether (sulfide) groups is 1. The van der Waals surface area contributed by atoms with Crippen LogP contribution in [0.4, 0.5) is 0 Å². The summed E-state index contributed by atoms with van der Waals surface area (Å²) in [6.45, 7) is 5.11. The first-order valence-electron chi connectivity index (χ1n) is 14.6. The summed E-state index contributed by atoms with van der Waals surface area (Å²) in [4.78, 5) is 37.2. The lowest BCUT2D eigenvalue weighted by atomic mass is 9.91. The molecule has 3 aromatic carbocycles. The number of aromatic amines is 1. The van der Waals surface area contributed by atoms with Crippen LogP contribution in [0.1, 0.15) is 30.0 Å². The summed E-state index contributed by atoms with van der Waals surface area (Å²) in [6.07, 6.45) is 2.87. The molecule has 10 heteroatoms. The second-order valence-corrected chi connectivity index (χ2v) is 13.8. The maximum atomic E-state index is 14.5. The van der Waals surface area contributed by atoms with Crippen LogP contribution in [-0.4, -0.2) is 70.7 Å². The summed E-state index contributed by atoms with van der Waals surface area (Å²) >= 11 is 11.3. The van der Waals surface area contributed by atoms with E-state index in [-0.39, 0.29) is 18.2 Å². The minimum atomic E-state index is -1.10. The van der Waals surface area contributed by atoms with Gasteiger partial charge in [-0.3, -0.25) is 14.5 Å². The van der Waals surface area contributed by atoms with Gasteiger partial charge in [-0.1, -0.05) is 57.9 Å². The highest BCUT2D eigenvalue weighted by molar-refractivity contribution is 9.10. The fourth-order valence-corrected chi connectivity index (χ4v) is 7.99. The zero-order valence-electron chi connectivity index (χ0n) is 23.7. The van der Waals surface area contributed by atoms with Crippen LogP contribution in [0.25, 0.3) is 10.9 Å². The van der Waals surface area contributed by atoms with Gasteiger partial charge in [0.05, 0.1) is 25.7 Å². The van der Waals surface area contributed by atoms with Crippen LogP contribution in [0, 0.1) is 0 Å². The number of aromatic nitrogens is 1. The molecule has 4 aromatic rings. The maximum Gasteiger partial charge on any atom is 0.239 e. The molecule has 0 aliphatic carbocycles. The average molecular weight is 682 g/mol. The van der Waals surface area contributed by atoms with Gasteiger partial charge in [0.1, 0.15) is 4.75 Å². The van der Waals surface area contributed by atoms with Gasteiger partial charge in [0.2, 0.25) is 11.8 Å². The van der Waals surface area contributed by atoms with Gasteiger partial charge in [-0.15, -0.1) is 11.8 Å². The van der Waals surface area contributed by atoms with E-state index in [0.29, 0.717) is 18.1 Å². The van der Waals surface area contributed by atoms with E-state index in [2.05, 4.69) is 37.2 Å². The number of H-pyrrole nitrogens is 1. The molecule has 2 aliphatic rings. The van der Waals surface area contributed by atoms with Crippen LogP contribution in [0.15, 0.2) is 88.4 Å². The number of halogens is 2. The van der Waals surface area contributed by atoms with Crippen LogP contribution in [-0.2, 0) is 20.9 Å². The smallest absolute Gasteiger partial charge is 0.239 e. The van der Waals surface area contributed by atoms with E-state index in [1.165, 1.54) is 11.8 Å². The van der Waals surface area contributed by atoms with E-state index in [4.69, 9.17) is 16.3 Å².